The summed E-state index contributed by atoms with van der Waals surface area (Å²) in [7, 11) is 0. The first-order valence-electron chi connectivity index (χ1n) is 7.30. The topological polar surface area (TPSA) is 38.3 Å². The number of benzene rings is 2. The highest BCUT2D eigenvalue weighted by Crippen LogP contribution is 2.16. The van der Waals surface area contributed by atoms with E-state index in [0.717, 1.165) is 16.9 Å². The van der Waals surface area contributed by atoms with Gasteiger partial charge in [-0.05, 0) is 43.2 Å². The highest BCUT2D eigenvalue weighted by atomic mass is 35.5. The molecule has 2 aromatic rings. The number of hydrogen-bond donors (Lipinski definition) is 1. The summed E-state index contributed by atoms with van der Waals surface area (Å²) in [5, 5.41) is 3.51. The zero-order valence-corrected chi connectivity index (χ0v) is 13.6. The number of halogens is 1. The highest BCUT2D eigenvalue weighted by molar-refractivity contribution is 6.31. The Bertz CT molecular complexity index is 623. The average molecular weight is 318 g/mol. The fourth-order valence-corrected chi connectivity index (χ4v) is 2.24. The molecule has 0 spiro atoms. The van der Waals surface area contributed by atoms with E-state index in [2.05, 4.69) is 5.32 Å². The Labute approximate surface area is 136 Å². The summed E-state index contributed by atoms with van der Waals surface area (Å²) < 4.78 is 5.58. The van der Waals surface area contributed by atoms with Crippen molar-refractivity contribution in [2.45, 2.75) is 32.9 Å². The van der Waals surface area contributed by atoms with E-state index in [1.807, 2.05) is 56.3 Å². The number of ether oxygens (including phenoxy) is 1. The number of amides is 1. The van der Waals surface area contributed by atoms with Crippen LogP contribution in [0.2, 0.25) is 5.02 Å². The Balaban J connectivity index is 1.85. The minimum Gasteiger partial charge on any atom is -0.491 e. The summed E-state index contributed by atoms with van der Waals surface area (Å²) in [5.74, 6) is 0.789. The van der Waals surface area contributed by atoms with Crippen LogP contribution in [0.15, 0.2) is 48.5 Å². The van der Waals surface area contributed by atoms with Gasteiger partial charge in [0.1, 0.15) is 5.75 Å². The van der Waals surface area contributed by atoms with Gasteiger partial charge in [-0.2, -0.15) is 0 Å². The van der Waals surface area contributed by atoms with E-state index in [1.165, 1.54) is 0 Å². The number of rotatable bonds is 6. The van der Waals surface area contributed by atoms with Crippen molar-refractivity contribution >= 4 is 17.5 Å². The first kappa shape index (κ1) is 16.4. The lowest BCUT2D eigenvalue weighted by Gasteiger charge is -2.10. The molecule has 0 aliphatic carbocycles. The summed E-state index contributed by atoms with van der Waals surface area (Å²) in [4.78, 5) is 12.0. The van der Waals surface area contributed by atoms with Crippen LogP contribution >= 0.6 is 11.6 Å². The summed E-state index contributed by atoms with van der Waals surface area (Å²) in [5.41, 5.74) is 1.87. The molecule has 0 saturated carbocycles. The number of hydrogen-bond acceptors (Lipinski definition) is 2. The van der Waals surface area contributed by atoms with Crippen molar-refractivity contribution in [3.05, 3.63) is 64.7 Å². The van der Waals surface area contributed by atoms with E-state index < -0.39 is 0 Å². The maximum atomic E-state index is 12.0. The average Bonchev–Trinajstić information content (AvgIpc) is 2.48. The van der Waals surface area contributed by atoms with Crippen LogP contribution in [0, 0.1) is 0 Å². The Hall–Kier alpha value is -2.00. The van der Waals surface area contributed by atoms with Crippen LogP contribution in [0.3, 0.4) is 0 Å². The number of carbonyl (C=O) groups is 1. The first-order valence-corrected chi connectivity index (χ1v) is 7.68. The molecule has 0 heterocycles. The molecule has 2 aromatic carbocycles. The first-order chi connectivity index (χ1) is 10.5. The summed E-state index contributed by atoms with van der Waals surface area (Å²) in [6.07, 6.45) is 0.440. The van der Waals surface area contributed by atoms with E-state index in [0.29, 0.717) is 11.6 Å². The molecule has 2 rings (SSSR count). The van der Waals surface area contributed by atoms with Crippen LogP contribution in [-0.4, -0.2) is 12.0 Å². The molecule has 3 nitrogen and oxygen atoms in total. The second-order valence-corrected chi connectivity index (χ2v) is 5.76. The van der Waals surface area contributed by atoms with Crippen LogP contribution < -0.4 is 10.1 Å². The summed E-state index contributed by atoms with van der Waals surface area (Å²) in [6.45, 7) is 4.47. The van der Waals surface area contributed by atoms with E-state index >= 15 is 0 Å². The maximum Gasteiger partial charge on any atom is 0.224 e. The molecule has 0 aliphatic rings. The minimum absolute atomic E-state index is 0.0457. The molecule has 1 amide bonds. The van der Waals surface area contributed by atoms with Gasteiger partial charge >= 0.3 is 0 Å². The van der Waals surface area contributed by atoms with Crippen molar-refractivity contribution in [2.24, 2.45) is 0 Å². The Morgan fingerprint density at radius 2 is 1.82 bits per heavy atom. The molecule has 0 bridgehead atoms. The molecule has 1 N–H and O–H groups in total. The van der Waals surface area contributed by atoms with Crippen LogP contribution in [0.1, 0.15) is 25.0 Å². The molecule has 0 unspecified atom stereocenters. The number of nitrogens with one attached hydrogen (secondary N) is 1. The monoisotopic (exact) mass is 317 g/mol. The maximum absolute atomic E-state index is 12.0. The Kier molecular flexibility index (Phi) is 5.84. The second-order valence-electron chi connectivity index (χ2n) is 5.36. The van der Waals surface area contributed by atoms with E-state index in [1.54, 1.807) is 6.07 Å². The van der Waals surface area contributed by atoms with Crippen molar-refractivity contribution in [1.29, 1.82) is 0 Å². The van der Waals surface area contributed by atoms with E-state index in [-0.39, 0.29) is 18.4 Å². The third-order valence-corrected chi connectivity index (χ3v) is 3.46. The van der Waals surface area contributed by atoms with Crippen molar-refractivity contribution in [3.8, 4) is 5.75 Å². The fraction of sp³-hybridized carbons (Fsp3) is 0.278. The minimum atomic E-state index is -0.0457. The quantitative estimate of drug-likeness (QED) is 0.875. The lowest BCUT2D eigenvalue weighted by atomic mass is 10.1. The van der Waals surface area contributed by atoms with Crippen LogP contribution in [-0.2, 0) is 17.8 Å². The van der Waals surface area contributed by atoms with Crippen LogP contribution in [0.4, 0.5) is 0 Å². The standard InChI is InChI=1S/C18H20ClNO2/c1-13(2)22-16-9-7-14(8-10-16)12-20-18(21)11-15-5-3-4-6-17(15)19/h3-10,13H,11-12H2,1-2H3,(H,20,21). The SMILES string of the molecule is CC(C)Oc1ccc(CNC(=O)Cc2ccccc2Cl)cc1. The lowest BCUT2D eigenvalue weighted by molar-refractivity contribution is -0.120. The molecule has 0 saturated heterocycles. The van der Waals surface area contributed by atoms with Crippen LogP contribution in [0.5, 0.6) is 5.75 Å². The lowest BCUT2D eigenvalue weighted by Crippen LogP contribution is -2.24. The van der Waals surface area contributed by atoms with Gasteiger partial charge < -0.3 is 10.1 Å². The predicted molar refractivity (Wildman–Crippen MR) is 89.2 cm³/mol. The van der Waals surface area contributed by atoms with Crippen molar-refractivity contribution in [3.63, 3.8) is 0 Å². The van der Waals surface area contributed by atoms with Gasteiger partial charge in [-0.1, -0.05) is 41.9 Å². The van der Waals surface area contributed by atoms with Gasteiger partial charge in [-0.15, -0.1) is 0 Å². The van der Waals surface area contributed by atoms with Crippen molar-refractivity contribution in [1.82, 2.24) is 5.32 Å². The third kappa shape index (κ3) is 5.08. The zero-order valence-electron chi connectivity index (χ0n) is 12.8. The molecule has 0 radical (unpaired) electrons. The zero-order chi connectivity index (χ0) is 15.9. The molecule has 0 atom stereocenters. The molecule has 0 fully saturated rings. The van der Waals surface area contributed by atoms with Gasteiger partial charge in [0, 0.05) is 11.6 Å². The summed E-state index contributed by atoms with van der Waals surface area (Å²) in [6, 6.07) is 15.1. The fourth-order valence-electron chi connectivity index (χ4n) is 2.04. The van der Waals surface area contributed by atoms with E-state index in [4.69, 9.17) is 16.3 Å². The molecule has 4 heteroatoms. The van der Waals surface area contributed by atoms with Gasteiger partial charge in [-0.3, -0.25) is 4.79 Å². The molecule has 116 valence electrons. The Morgan fingerprint density at radius 3 is 2.45 bits per heavy atom. The molecule has 0 aromatic heterocycles. The number of carbonyl (C=O) groups excluding carboxylic acids is 1. The predicted octanol–water partition coefficient (Wildman–Crippen LogP) is 3.99. The third-order valence-electron chi connectivity index (χ3n) is 3.09. The smallest absolute Gasteiger partial charge is 0.224 e. The molecule has 0 aliphatic heterocycles. The van der Waals surface area contributed by atoms with Gasteiger partial charge in [0.05, 0.1) is 12.5 Å². The van der Waals surface area contributed by atoms with Crippen molar-refractivity contribution < 1.29 is 9.53 Å². The van der Waals surface area contributed by atoms with Gasteiger partial charge in [0.25, 0.3) is 0 Å². The van der Waals surface area contributed by atoms with E-state index in [9.17, 15) is 4.79 Å². The van der Waals surface area contributed by atoms with Gasteiger partial charge in [0.2, 0.25) is 5.91 Å². The highest BCUT2D eigenvalue weighted by Gasteiger charge is 2.06. The van der Waals surface area contributed by atoms with Gasteiger partial charge in [-0.25, -0.2) is 0 Å². The molecular formula is C18H20ClNO2. The largest absolute Gasteiger partial charge is 0.491 e. The second kappa shape index (κ2) is 7.85. The van der Waals surface area contributed by atoms with Crippen molar-refractivity contribution in [2.75, 3.05) is 0 Å². The summed E-state index contributed by atoms with van der Waals surface area (Å²) >= 11 is 6.05. The molecular weight excluding hydrogens is 298 g/mol. The molecule has 22 heavy (non-hydrogen) atoms. The normalized spacial score (nSPS) is 10.5. The van der Waals surface area contributed by atoms with Gasteiger partial charge in [0.15, 0.2) is 0 Å². The van der Waals surface area contributed by atoms with Crippen LogP contribution in [0.25, 0.3) is 0 Å². The Morgan fingerprint density at radius 1 is 1.14 bits per heavy atom.